The molecule has 0 aliphatic heterocycles. The van der Waals surface area contributed by atoms with Crippen LogP contribution >= 0.6 is 12.2 Å². The minimum absolute atomic E-state index is 0.373. The van der Waals surface area contributed by atoms with Gasteiger partial charge in [-0.2, -0.15) is 0 Å². The van der Waals surface area contributed by atoms with E-state index in [9.17, 15) is 0 Å². The lowest BCUT2D eigenvalue weighted by atomic mass is 9.94. The number of thiocarbonyl (C=S) groups is 1. The van der Waals surface area contributed by atoms with Gasteiger partial charge in [0.05, 0.1) is 7.11 Å². The van der Waals surface area contributed by atoms with Crippen molar-refractivity contribution in [2.75, 3.05) is 12.4 Å². The highest BCUT2D eigenvalue weighted by molar-refractivity contribution is 7.81. The third-order valence-corrected chi connectivity index (χ3v) is 4.91. The Bertz CT molecular complexity index is 822. The van der Waals surface area contributed by atoms with E-state index in [4.69, 9.17) is 17.0 Å². The van der Waals surface area contributed by atoms with E-state index in [0.717, 1.165) is 28.4 Å². The van der Waals surface area contributed by atoms with E-state index in [0.29, 0.717) is 5.92 Å². The standard InChI is InChI=1S/C23H29NOS.C2H6/c1-7-9-18-12-19(11-10-16(18)5)24-23(26)21-14-20(15(3)4)22(25-6)13-17(21)8-2;1-2/h7,9-15H,8H2,1-6H3,(H,24,26);1-2H3/b9-7-;. The van der Waals surface area contributed by atoms with E-state index in [-0.39, 0.29) is 0 Å². The van der Waals surface area contributed by atoms with Crippen molar-refractivity contribution in [3.05, 3.63) is 64.2 Å². The van der Waals surface area contributed by atoms with Gasteiger partial charge in [0.2, 0.25) is 0 Å². The average Bonchev–Trinajstić information content (AvgIpc) is 2.70. The predicted molar refractivity (Wildman–Crippen MR) is 129 cm³/mol. The predicted octanol–water partition coefficient (Wildman–Crippen LogP) is 7.54. The van der Waals surface area contributed by atoms with Crippen LogP contribution in [-0.2, 0) is 6.42 Å². The second kappa shape index (κ2) is 11.7. The highest BCUT2D eigenvalue weighted by Gasteiger charge is 2.15. The largest absolute Gasteiger partial charge is 0.496 e. The van der Waals surface area contributed by atoms with Gasteiger partial charge in [0, 0.05) is 11.3 Å². The molecule has 0 aromatic heterocycles. The Morgan fingerprint density at radius 1 is 1.18 bits per heavy atom. The molecule has 2 nitrogen and oxygen atoms in total. The van der Waals surface area contributed by atoms with E-state index in [2.05, 4.69) is 75.5 Å². The number of ether oxygens (including phenoxy) is 1. The zero-order valence-electron chi connectivity index (χ0n) is 18.6. The van der Waals surface area contributed by atoms with Crippen LogP contribution in [0, 0.1) is 6.92 Å². The molecule has 0 fully saturated rings. The minimum Gasteiger partial charge on any atom is -0.496 e. The number of rotatable bonds is 6. The molecular formula is C25H35NOS. The second-order valence-corrected chi connectivity index (χ2v) is 7.19. The molecule has 0 atom stereocenters. The van der Waals surface area contributed by atoms with Gasteiger partial charge < -0.3 is 10.1 Å². The van der Waals surface area contributed by atoms with Crippen molar-refractivity contribution < 1.29 is 4.74 Å². The van der Waals surface area contributed by atoms with Crippen LogP contribution in [0.25, 0.3) is 6.08 Å². The van der Waals surface area contributed by atoms with Crippen molar-refractivity contribution in [2.24, 2.45) is 0 Å². The Labute approximate surface area is 177 Å². The van der Waals surface area contributed by atoms with Gasteiger partial charge in [0.25, 0.3) is 0 Å². The first-order valence-corrected chi connectivity index (χ1v) is 10.6. The molecule has 0 amide bonds. The molecule has 0 aliphatic carbocycles. The van der Waals surface area contributed by atoms with Crippen LogP contribution in [-0.4, -0.2) is 12.1 Å². The van der Waals surface area contributed by atoms with Gasteiger partial charge in [-0.25, -0.2) is 0 Å². The van der Waals surface area contributed by atoms with Crippen LogP contribution in [0.4, 0.5) is 5.69 Å². The number of allylic oxidation sites excluding steroid dienone is 1. The second-order valence-electron chi connectivity index (χ2n) is 6.79. The molecule has 0 heterocycles. The third kappa shape index (κ3) is 5.93. The smallest absolute Gasteiger partial charge is 0.122 e. The molecule has 3 heteroatoms. The molecule has 0 saturated carbocycles. The van der Waals surface area contributed by atoms with Crippen LogP contribution in [0.3, 0.4) is 0 Å². The Morgan fingerprint density at radius 2 is 1.86 bits per heavy atom. The number of nitrogens with one attached hydrogen (secondary N) is 1. The monoisotopic (exact) mass is 397 g/mol. The quantitative estimate of drug-likeness (QED) is 0.509. The lowest BCUT2D eigenvalue weighted by Crippen LogP contribution is -2.14. The topological polar surface area (TPSA) is 21.3 Å². The molecule has 152 valence electrons. The number of hydrogen-bond donors (Lipinski definition) is 1. The van der Waals surface area contributed by atoms with Gasteiger partial charge in [-0.05, 0) is 72.7 Å². The fourth-order valence-corrected chi connectivity index (χ4v) is 3.35. The molecule has 0 bridgehead atoms. The Morgan fingerprint density at radius 3 is 2.39 bits per heavy atom. The van der Waals surface area contributed by atoms with Crippen LogP contribution in [0.5, 0.6) is 5.75 Å². The zero-order valence-corrected chi connectivity index (χ0v) is 19.5. The van der Waals surface area contributed by atoms with Crippen molar-refractivity contribution in [2.45, 2.75) is 60.8 Å². The number of methoxy groups -OCH3 is 1. The minimum atomic E-state index is 0.373. The fraction of sp³-hybridized carbons (Fsp3) is 0.400. The molecular weight excluding hydrogens is 362 g/mol. The van der Waals surface area contributed by atoms with Crippen LogP contribution in [0.2, 0.25) is 0 Å². The molecule has 1 N–H and O–H groups in total. The molecule has 0 aliphatic rings. The molecule has 2 rings (SSSR count). The lowest BCUT2D eigenvalue weighted by molar-refractivity contribution is 0.407. The maximum atomic E-state index is 5.75. The summed E-state index contributed by atoms with van der Waals surface area (Å²) in [4.78, 5) is 0.752. The average molecular weight is 398 g/mol. The normalized spacial score (nSPS) is 10.6. The van der Waals surface area contributed by atoms with Crippen LogP contribution < -0.4 is 10.1 Å². The van der Waals surface area contributed by atoms with Gasteiger partial charge in [-0.1, -0.05) is 65.1 Å². The van der Waals surface area contributed by atoms with Gasteiger partial charge >= 0.3 is 0 Å². The number of anilines is 1. The Hall–Kier alpha value is -2.13. The summed E-state index contributed by atoms with van der Waals surface area (Å²) in [5.41, 5.74) is 6.93. The molecule has 28 heavy (non-hydrogen) atoms. The van der Waals surface area contributed by atoms with Gasteiger partial charge in [-0.15, -0.1) is 0 Å². The highest BCUT2D eigenvalue weighted by atomic mass is 32.1. The van der Waals surface area contributed by atoms with Gasteiger partial charge in [0.15, 0.2) is 0 Å². The summed E-state index contributed by atoms with van der Waals surface area (Å²) in [5.74, 6) is 1.31. The number of benzene rings is 2. The SMILES string of the molecule is C/C=C\c1cc(NC(=S)c2cc(C(C)C)c(OC)cc2CC)ccc1C.CC. The Balaban J connectivity index is 0.00000190. The highest BCUT2D eigenvalue weighted by Crippen LogP contribution is 2.31. The molecule has 0 saturated heterocycles. The summed E-state index contributed by atoms with van der Waals surface area (Å²) < 4.78 is 5.59. The number of aryl methyl sites for hydroxylation is 2. The molecule has 0 spiro atoms. The summed E-state index contributed by atoms with van der Waals surface area (Å²) in [6.07, 6.45) is 5.08. The maximum absolute atomic E-state index is 5.75. The number of hydrogen-bond acceptors (Lipinski definition) is 2. The van der Waals surface area contributed by atoms with E-state index in [1.54, 1.807) is 7.11 Å². The molecule has 0 unspecified atom stereocenters. The summed E-state index contributed by atoms with van der Waals surface area (Å²) in [7, 11) is 1.73. The van der Waals surface area contributed by atoms with E-state index in [1.807, 2.05) is 20.8 Å². The first-order chi connectivity index (χ1) is 13.4. The third-order valence-electron chi connectivity index (χ3n) is 4.59. The van der Waals surface area contributed by atoms with Crippen molar-refractivity contribution >= 4 is 29.0 Å². The zero-order chi connectivity index (χ0) is 21.3. The van der Waals surface area contributed by atoms with Crippen molar-refractivity contribution in [3.8, 4) is 5.75 Å². The molecule has 2 aromatic carbocycles. The first kappa shape index (κ1) is 23.9. The van der Waals surface area contributed by atoms with E-state index >= 15 is 0 Å². The summed E-state index contributed by atoms with van der Waals surface area (Å²) in [5, 5.41) is 3.42. The van der Waals surface area contributed by atoms with E-state index < -0.39 is 0 Å². The van der Waals surface area contributed by atoms with E-state index in [1.165, 1.54) is 22.3 Å². The molecule has 2 aromatic rings. The van der Waals surface area contributed by atoms with Crippen molar-refractivity contribution in [3.63, 3.8) is 0 Å². The maximum Gasteiger partial charge on any atom is 0.122 e. The lowest BCUT2D eigenvalue weighted by Gasteiger charge is -2.18. The van der Waals surface area contributed by atoms with Crippen molar-refractivity contribution in [1.29, 1.82) is 0 Å². The van der Waals surface area contributed by atoms with Crippen LogP contribution in [0.1, 0.15) is 75.3 Å². The Kier molecular flexibility index (Phi) is 9.95. The van der Waals surface area contributed by atoms with Gasteiger partial charge in [-0.3, -0.25) is 0 Å². The van der Waals surface area contributed by atoms with Crippen LogP contribution in [0.15, 0.2) is 36.4 Å². The summed E-state index contributed by atoms with van der Waals surface area (Å²) in [6.45, 7) is 14.6. The van der Waals surface area contributed by atoms with Crippen molar-refractivity contribution in [1.82, 2.24) is 0 Å². The molecule has 0 radical (unpaired) electrons. The first-order valence-electron chi connectivity index (χ1n) is 10.2. The summed E-state index contributed by atoms with van der Waals surface area (Å²) >= 11 is 5.75. The summed E-state index contributed by atoms with van der Waals surface area (Å²) in [6, 6.07) is 10.6. The van der Waals surface area contributed by atoms with Gasteiger partial charge in [0.1, 0.15) is 10.7 Å². The fourth-order valence-electron chi connectivity index (χ4n) is 3.05.